The maximum Gasteiger partial charge on any atom is 0.282 e. The van der Waals surface area contributed by atoms with Crippen LogP contribution < -0.4 is 4.90 Å². The van der Waals surface area contributed by atoms with Crippen LogP contribution in [-0.4, -0.2) is 92.2 Å². The normalized spacial score (nSPS) is 24.1. The second-order valence-electron chi connectivity index (χ2n) is 16.0. The van der Waals surface area contributed by atoms with Crippen molar-refractivity contribution in [3.63, 3.8) is 0 Å². The van der Waals surface area contributed by atoms with E-state index in [4.69, 9.17) is 9.72 Å². The minimum absolute atomic E-state index is 0.111. The fourth-order valence-corrected chi connectivity index (χ4v) is 10.2. The van der Waals surface area contributed by atoms with Gasteiger partial charge in [-0.3, -0.25) is 9.58 Å². The van der Waals surface area contributed by atoms with Gasteiger partial charge in [0.2, 0.25) is 0 Å². The second kappa shape index (κ2) is 14.9. The Balaban J connectivity index is 0.796. The van der Waals surface area contributed by atoms with Gasteiger partial charge in [-0.1, -0.05) is 29.8 Å². The number of benzene rings is 1. The Kier molecular flexibility index (Phi) is 9.88. The fourth-order valence-electron chi connectivity index (χ4n) is 9.09. The molecule has 54 heavy (non-hydrogen) atoms. The molecule has 0 bridgehead atoms. The number of anilines is 1. The van der Waals surface area contributed by atoms with Gasteiger partial charge in [-0.15, -0.1) is 24.5 Å². The number of allylic oxidation sites excluding steroid dienone is 2. The van der Waals surface area contributed by atoms with Crippen molar-refractivity contribution >= 4 is 32.9 Å². The van der Waals surface area contributed by atoms with Crippen LogP contribution in [0.2, 0.25) is 0 Å². The van der Waals surface area contributed by atoms with E-state index in [1.807, 2.05) is 34.5 Å². The monoisotopic (exact) mass is 752 g/mol. The molecule has 2 unspecified atom stereocenters. The summed E-state index contributed by atoms with van der Waals surface area (Å²) in [5.74, 6) is 1.80. The highest BCUT2D eigenvalue weighted by Gasteiger charge is 2.48. The molecule has 1 saturated carbocycles. The summed E-state index contributed by atoms with van der Waals surface area (Å²) in [7, 11) is 0. The molecule has 3 atom stereocenters. The van der Waals surface area contributed by atoms with Crippen LogP contribution in [0, 0.1) is 5.92 Å². The van der Waals surface area contributed by atoms with Crippen molar-refractivity contribution in [3.05, 3.63) is 89.9 Å². The number of ether oxygens (including phenoxy) is 1. The first kappa shape index (κ1) is 35.7. The molecule has 4 aliphatic rings. The third-order valence-electron chi connectivity index (χ3n) is 12.4. The zero-order valence-electron chi connectivity index (χ0n) is 31.1. The van der Waals surface area contributed by atoms with Gasteiger partial charge in [-0.25, -0.2) is 18.3 Å². The minimum Gasteiger partial charge on any atom is -0.372 e. The number of piperazine rings is 1. The lowest BCUT2D eigenvalue weighted by atomic mass is 9.85. The standard InChI is InChI=1S/C42H50F2N8OS/c1-4-29(11-8-27(2)3)35-26-54-40-30(6-5-7-32(35)40)22-49-18-16-48(17-19-49)21-28-9-12-31(13-10-28)52-23-34(39(47-52)41(43)44)33-20-45-51-15-14-38(46-42(33)51)50-24-37-36(50)25-53-37/h4-7,14-15,20,23,26,28-29,31,36-37,41H,1-2,8-13,16-19,21-22,24-25H2,3H3/t28?,29?,31?,36-,37?/m1/s1. The van der Waals surface area contributed by atoms with Crippen LogP contribution in [0.1, 0.15) is 80.7 Å². The summed E-state index contributed by atoms with van der Waals surface area (Å²) in [6.45, 7) is 18.2. The van der Waals surface area contributed by atoms with Gasteiger partial charge in [0.15, 0.2) is 5.65 Å². The van der Waals surface area contributed by atoms with E-state index in [0.29, 0.717) is 41.3 Å². The first-order chi connectivity index (χ1) is 26.3. The van der Waals surface area contributed by atoms with Gasteiger partial charge in [0.1, 0.15) is 11.5 Å². The van der Waals surface area contributed by atoms with Crippen LogP contribution in [0.25, 0.3) is 26.9 Å². The van der Waals surface area contributed by atoms with E-state index in [2.05, 4.69) is 74.6 Å². The number of hydrogen-bond acceptors (Lipinski definition) is 8. The van der Waals surface area contributed by atoms with Gasteiger partial charge in [-0.05, 0) is 79.3 Å². The number of rotatable bonds is 13. The smallest absolute Gasteiger partial charge is 0.282 e. The predicted molar refractivity (Wildman–Crippen MR) is 212 cm³/mol. The number of fused-ring (bicyclic) bond motifs is 3. The SMILES string of the molecule is C=CC(CCC(=C)C)c1csc2c(CN3CCN(CC4CCC(n5cc(-c6cnn7ccc(N8CC9OC[C@H]98)nc67)c(C(F)F)n5)CC4)CC3)cccc12. The van der Waals surface area contributed by atoms with E-state index in [9.17, 15) is 8.78 Å². The van der Waals surface area contributed by atoms with Crippen LogP contribution in [0.3, 0.4) is 0 Å². The molecule has 3 saturated heterocycles. The Hall–Kier alpha value is -3.97. The first-order valence-corrected chi connectivity index (χ1v) is 20.5. The molecule has 12 heteroatoms. The maximum atomic E-state index is 14.4. The zero-order chi connectivity index (χ0) is 36.9. The van der Waals surface area contributed by atoms with Gasteiger partial charge >= 0.3 is 0 Å². The number of nitrogens with zero attached hydrogens (tertiary/aromatic N) is 8. The van der Waals surface area contributed by atoms with Crippen molar-refractivity contribution in [1.82, 2.24) is 34.2 Å². The fraction of sp³-hybridized carbons (Fsp3) is 0.500. The van der Waals surface area contributed by atoms with E-state index in [0.717, 1.165) is 90.2 Å². The summed E-state index contributed by atoms with van der Waals surface area (Å²) in [5, 5.41) is 12.7. The van der Waals surface area contributed by atoms with Gasteiger partial charge in [0.05, 0.1) is 36.6 Å². The van der Waals surface area contributed by atoms with E-state index >= 15 is 0 Å². The highest BCUT2D eigenvalue weighted by atomic mass is 32.1. The molecule has 1 aliphatic carbocycles. The van der Waals surface area contributed by atoms with Crippen LogP contribution in [0.5, 0.6) is 0 Å². The van der Waals surface area contributed by atoms with Crippen molar-refractivity contribution in [3.8, 4) is 11.1 Å². The molecule has 284 valence electrons. The summed E-state index contributed by atoms with van der Waals surface area (Å²) in [6.07, 6.45) is 11.1. The molecule has 0 amide bonds. The molecule has 5 aromatic rings. The molecule has 4 aromatic heterocycles. The molecule has 4 fully saturated rings. The van der Waals surface area contributed by atoms with E-state index in [1.165, 1.54) is 26.8 Å². The van der Waals surface area contributed by atoms with Gasteiger partial charge in [0.25, 0.3) is 6.43 Å². The topological polar surface area (TPSA) is 67.0 Å². The number of halogens is 2. The van der Waals surface area contributed by atoms with Crippen molar-refractivity contribution in [2.75, 3.05) is 50.8 Å². The predicted octanol–water partition coefficient (Wildman–Crippen LogP) is 8.51. The Morgan fingerprint density at radius 1 is 1.07 bits per heavy atom. The average Bonchev–Trinajstić information content (AvgIpc) is 3.92. The quantitative estimate of drug-likeness (QED) is 0.112. The van der Waals surface area contributed by atoms with E-state index in [1.54, 1.807) is 10.7 Å². The third kappa shape index (κ3) is 6.80. The maximum absolute atomic E-state index is 14.4. The lowest BCUT2D eigenvalue weighted by Crippen LogP contribution is -2.71. The van der Waals surface area contributed by atoms with Crippen LogP contribution in [0.15, 0.2) is 73.0 Å². The highest BCUT2D eigenvalue weighted by molar-refractivity contribution is 7.17. The van der Waals surface area contributed by atoms with Crippen LogP contribution >= 0.6 is 11.3 Å². The summed E-state index contributed by atoms with van der Waals surface area (Å²) < 4.78 is 39.3. The summed E-state index contributed by atoms with van der Waals surface area (Å²) >= 11 is 1.88. The molecule has 0 N–H and O–H groups in total. The molecule has 1 aromatic carbocycles. The number of hydrogen-bond donors (Lipinski definition) is 0. The second-order valence-corrected chi connectivity index (χ2v) is 16.9. The first-order valence-electron chi connectivity index (χ1n) is 19.6. The molecule has 9 nitrogen and oxygen atoms in total. The van der Waals surface area contributed by atoms with Crippen molar-refractivity contribution in [2.45, 2.75) is 82.5 Å². The Labute approximate surface area is 319 Å². The van der Waals surface area contributed by atoms with Gasteiger partial charge < -0.3 is 14.5 Å². The lowest BCUT2D eigenvalue weighted by Gasteiger charge is -2.55. The Morgan fingerprint density at radius 2 is 1.89 bits per heavy atom. The third-order valence-corrected chi connectivity index (χ3v) is 13.5. The molecule has 9 rings (SSSR count). The van der Waals surface area contributed by atoms with Crippen molar-refractivity contribution in [2.24, 2.45) is 5.92 Å². The zero-order valence-corrected chi connectivity index (χ0v) is 31.9. The molecular weight excluding hydrogens is 703 g/mol. The van der Waals surface area contributed by atoms with Gasteiger partial charge in [0, 0.05) is 74.4 Å². The van der Waals surface area contributed by atoms with E-state index in [-0.39, 0.29) is 17.8 Å². The van der Waals surface area contributed by atoms with Crippen LogP contribution in [-0.2, 0) is 11.3 Å². The Bertz CT molecular complexity index is 2140. The van der Waals surface area contributed by atoms with Crippen molar-refractivity contribution < 1.29 is 13.5 Å². The largest absolute Gasteiger partial charge is 0.372 e. The number of aromatic nitrogens is 5. The molecule has 0 spiro atoms. The number of thiophene rings is 1. The lowest BCUT2D eigenvalue weighted by molar-refractivity contribution is -0.113. The minimum atomic E-state index is -2.69. The Morgan fingerprint density at radius 3 is 2.59 bits per heavy atom. The summed E-state index contributed by atoms with van der Waals surface area (Å²) in [4.78, 5) is 12.3. The average molecular weight is 753 g/mol. The number of alkyl halides is 2. The molecule has 7 heterocycles. The highest BCUT2D eigenvalue weighted by Crippen LogP contribution is 2.40. The van der Waals surface area contributed by atoms with Crippen molar-refractivity contribution in [1.29, 1.82) is 0 Å². The van der Waals surface area contributed by atoms with Crippen LogP contribution in [0.4, 0.5) is 14.6 Å². The van der Waals surface area contributed by atoms with E-state index < -0.39 is 6.43 Å². The molecule has 0 radical (unpaired) electrons. The number of morpholine rings is 1. The summed E-state index contributed by atoms with van der Waals surface area (Å²) in [5.41, 5.74) is 5.45. The van der Waals surface area contributed by atoms with Gasteiger partial charge in [-0.2, -0.15) is 10.2 Å². The summed E-state index contributed by atoms with van der Waals surface area (Å²) in [6, 6.07) is 9.19. The molecule has 3 aliphatic heterocycles. The molecular formula is C42H50F2N8OS.